The van der Waals surface area contributed by atoms with Gasteiger partial charge in [0.1, 0.15) is 0 Å². The summed E-state index contributed by atoms with van der Waals surface area (Å²) in [7, 11) is 0.712. The van der Waals surface area contributed by atoms with E-state index < -0.39 is 10.0 Å². The third kappa shape index (κ3) is 3.31. The molecule has 0 radical (unpaired) electrons. The smallest absolute Gasteiger partial charge is 0.218 e. The topological polar surface area (TPSA) is 66.6 Å². The number of anilines is 1. The minimum Gasteiger partial charge on any atom is -0.399 e. The SMILES string of the molecule is CC1CN(S(=O)(=O)Cc2cccc(N)c2)CC1N(C)C. The molecule has 2 unspecified atom stereocenters. The van der Waals surface area contributed by atoms with Gasteiger partial charge in [0, 0.05) is 24.8 Å². The zero-order valence-corrected chi connectivity index (χ0v) is 13.1. The molecule has 1 aliphatic heterocycles. The van der Waals surface area contributed by atoms with Crippen molar-refractivity contribution in [1.29, 1.82) is 0 Å². The minimum atomic E-state index is -3.28. The zero-order valence-electron chi connectivity index (χ0n) is 12.3. The Kier molecular flexibility index (Phi) is 4.36. The molecule has 0 bridgehead atoms. The fraction of sp³-hybridized carbons (Fsp3) is 0.571. The number of nitrogens with zero attached hydrogens (tertiary/aromatic N) is 2. The van der Waals surface area contributed by atoms with Gasteiger partial charge in [-0.3, -0.25) is 0 Å². The van der Waals surface area contributed by atoms with Crippen LogP contribution in [-0.2, 0) is 15.8 Å². The van der Waals surface area contributed by atoms with Crippen molar-refractivity contribution in [2.45, 2.75) is 18.7 Å². The van der Waals surface area contributed by atoms with Gasteiger partial charge in [-0.15, -0.1) is 0 Å². The molecule has 2 N–H and O–H groups in total. The second-order valence-corrected chi connectivity index (χ2v) is 7.80. The van der Waals surface area contributed by atoms with Gasteiger partial charge in [0.15, 0.2) is 0 Å². The number of benzene rings is 1. The quantitative estimate of drug-likeness (QED) is 0.841. The van der Waals surface area contributed by atoms with Gasteiger partial charge < -0.3 is 10.6 Å². The fourth-order valence-electron chi connectivity index (χ4n) is 2.79. The minimum absolute atomic E-state index is 0.0188. The lowest BCUT2D eigenvalue weighted by Crippen LogP contribution is -2.36. The highest BCUT2D eigenvalue weighted by atomic mass is 32.2. The third-order valence-electron chi connectivity index (χ3n) is 3.90. The lowest BCUT2D eigenvalue weighted by atomic mass is 10.1. The van der Waals surface area contributed by atoms with Crippen LogP contribution in [0.25, 0.3) is 0 Å². The van der Waals surface area contributed by atoms with Gasteiger partial charge in [0.05, 0.1) is 5.75 Å². The molecule has 1 heterocycles. The van der Waals surface area contributed by atoms with Gasteiger partial charge in [-0.2, -0.15) is 4.31 Å². The maximum atomic E-state index is 12.5. The van der Waals surface area contributed by atoms with Crippen molar-refractivity contribution in [3.63, 3.8) is 0 Å². The van der Waals surface area contributed by atoms with Crippen LogP contribution < -0.4 is 5.73 Å². The normalized spacial score (nSPS) is 24.4. The first kappa shape index (κ1) is 15.3. The lowest BCUT2D eigenvalue weighted by molar-refractivity contribution is 0.263. The van der Waals surface area contributed by atoms with Crippen LogP contribution in [-0.4, -0.2) is 50.8 Å². The van der Waals surface area contributed by atoms with Crippen LogP contribution in [0.15, 0.2) is 24.3 Å². The Morgan fingerprint density at radius 3 is 2.60 bits per heavy atom. The largest absolute Gasteiger partial charge is 0.399 e. The van der Waals surface area contributed by atoms with Gasteiger partial charge in [-0.25, -0.2) is 8.42 Å². The molecule has 2 atom stereocenters. The van der Waals surface area contributed by atoms with E-state index in [0.29, 0.717) is 24.7 Å². The summed E-state index contributed by atoms with van der Waals surface area (Å²) in [6.07, 6.45) is 0. The van der Waals surface area contributed by atoms with Crippen molar-refractivity contribution >= 4 is 15.7 Å². The summed E-state index contributed by atoms with van der Waals surface area (Å²) in [5.41, 5.74) is 7.04. The summed E-state index contributed by atoms with van der Waals surface area (Å²) in [6, 6.07) is 7.36. The highest BCUT2D eigenvalue weighted by molar-refractivity contribution is 7.88. The molecule has 0 aromatic heterocycles. The first-order valence-corrected chi connectivity index (χ1v) is 8.39. The first-order valence-electron chi connectivity index (χ1n) is 6.78. The Balaban J connectivity index is 2.12. The molecule has 1 aromatic carbocycles. The molecule has 112 valence electrons. The van der Waals surface area contributed by atoms with Crippen LogP contribution >= 0.6 is 0 Å². The molecule has 0 aliphatic carbocycles. The molecule has 1 fully saturated rings. The van der Waals surface area contributed by atoms with E-state index in [1.165, 1.54) is 0 Å². The lowest BCUT2D eigenvalue weighted by Gasteiger charge is -2.22. The van der Waals surface area contributed by atoms with Crippen molar-refractivity contribution < 1.29 is 8.42 Å². The van der Waals surface area contributed by atoms with Crippen molar-refractivity contribution in [3.8, 4) is 0 Å². The fourth-order valence-corrected chi connectivity index (χ4v) is 4.42. The van der Waals surface area contributed by atoms with Crippen LogP contribution in [0.5, 0.6) is 0 Å². The maximum Gasteiger partial charge on any atom is 0.218 e. The van der Waals surface area contributed by atoms with Crippen LogP contribution in [0.1, 0.15) is 12.5 Å². The highest BCUT2D eigenvalue weighted by Gasteiger charge is 2.37. The number of rotatable bonds is 4. The molecule has 1 saturated heterocycles. The average molecular weight is 297 g/mol. The van der Waals surface area contributed by atoms with Crippen LogP contribution in [0.2, 0.25) is 0 Å². The van der Waals surface area contributed by atoms with E-state index in [4.69, 9.17) is 5.73 Å². The number of nitrogens with two attached hydrogens (primary N) is 1. The van der Waals surface area contributed by atoms with E-state index in [0.717, 1.165) is 5.56 Å². The number of sulfonamides is 1. The Bertz CT molecular complexity index is 572. The van der Waals surface area contributed by atoms with E-state index in [1.54, 1.807) is 28.6 Å². The summed E-state index contributed by atoms with van der Waals surface area (Å²) in [4.78, 5) is 2.10. The highest BCUT2D eigenvalue weighted by Crippen LogP contribution is 2.24. The first-order chi connectivity index (χ1) is 9.29. The van der Waals surface area contributed by atoms with Crippen LogP contribution in [0, 0.1) is 5.92 Å². The summed E-state index contributed by atoms with van der Waals surface area (Å²) in [6.45, 7) is 3.26. The van der Waals surface area contributed by atoms with E-state index in [2.05, 4.69) is 11.8 Å². The van der Waals surface area contributed by atoms with Crippen molar-refractivity contribution in [3.05, 3.63) is 29.8 Å². The number of hydrogen-bond donors (Lipinski definition) is 1. The van der Waals surface area contributed by atoms with Gasteiger partial charge in [0.25, 0.3) is 0 Å². The van der Waals surface area contributed by atoms with Crippen molar-refractivity contribution in [2.24, 2.45) is 5.92 Å². The second-order valence-electron chi connectivity index (χ2n) is 5.83. The van der Waals surface area contributed by atoms with E-state index >= 15 is 0 Å². The Morgan fingerprint density at radius 2 is 2.05 bits per heavy atom. The zero-order chi connectivity index (χ0) is 14.9. The number of hydrogen-bond acceptors (Lipinski definition) is 4. The number of likely N-dealkylation sites (N-methyl/N-ethyl adjacent to an activating group) is 1. The van der Waals surface area contributed by atoms with Gasteiger partial charge >= 0.3 is 0 Å². The van der Waals surface area contributed by atoms with Gasteiger partial charge in [-0.05, 0) is 37.7 Å². The molecule has 0 saturated carbocycles. The Labute approximate surface area is 121 Å². The molecule has 6 heteroatoms. The van der Waals surface area contributed by atoms with Crippen LogP contribution in [0.3, 0.4) is 0 Å². The molecular weight excluding hydrogens is 274 g/mol. The van der Waals surface area contributed by atoms with E-state index in [-0.39, 0.29) is 11.8 Å². The molecule has 1 aliphatic rings. The molecular formula is C14H23N3O2S. The third-order valence-corrected chi connectivity index (χ3v) is 5.68. The molecule has 0 spiro atoms. The summed E-state index contributed by atoms with van der Waals surface area (Å²) in [5.74, 6) is 0.367. The average Bonchev–Trinajstić information content (AvgIpc) is 2.71. The summed E-state index contributed by atoms with van der Waals surface area (Å²) in [5, 5.41) is 0. The maximum absolute atomic E-state index is 12.5. The summed E-state index contributed by atoms with van der Waals surface area (Å²) >= 11 is 0. The monoisotopic (exact) mass is 297 g/mol. The Morgan fingerprint density at radius 1 is 1.35 bits per heavy atom. The second kappa shape index (κ2) is 5.71. The number of nitrogen functional groups attached to an aromatic ring is 1. The predicted molar refractivity (Wildman–Crippen MR) is 81.7 cm³/mol. The molecule has 0 amide bonds. The van der Waals surface area contributed by atoms with Gasteiger partial charge in [-0.1, -0.05) is 19.1 Å². The molecule has 2 rings (SSSR count). The van der Waals surface area contributed by atoms with Crippen molar-refractivity contribution in [1.82, 2.24) is 9.21 Å². The van der Waals surface area contributed by atoms with E-state index in [1.807, 2.05) is 14.1 Å². The van der Waals surface area contributed by atoms with Crippen molar-refractivity contribution in [2.75, 3.05) is 32.9 Å². The summed E-state index contributed by atoms with van der Waals surface area (Å²) < 4.78 is 26.6. The molecule has 5 nitrogen and oxygen atoms in total. The predicted octanol–water partition coefficient (Wildman–Crippen LogP) is 0.981. The van der Waals surface area contributed by atoms with E-state index in [9.17, 15) is 8.42 Å². The Hall–Kier alpha value is -1.11. The standard InChI is InChI=1S/C14H23N3O2S/c1-11-8-17(9-14(11)16(2)3)20(18,19)10-12-5-4-6-13(15)7-12/h4-7,11,14H,8-10,15H2,1-3H3. The van der Waals surface area contributed by atoms with Gasteiger partial charge in [0.2, 0.25) is 10.0 Å². The molecule has 1 aromatic rings. The molecule has 20 heavy (non-hydrogen) atoms. The van der Waals surface area contributed by atoms with Crippen LogP contribution in [0.4, 0.5) is 5.69 Å².